The summed E-state index contributed by atoms with van der Waals surface area (Å²) in [5, 5.41) is 7.52. The van der Waals surface area contributed by atoms with E-state index in [2.05, 4.69) is 4.90 Å². The number of carboxylic acids is 1. The van der Waals surface area contributed by atoms with Gasteiger partial charge in [-0.1, -0.05) is 0 Å². The molecule has 0 aromatic heterocycles. The van der Waals surface area contributed by atoms with E-state index in [0.29, 0.717) is 19.0 Å². The zero-order chi connectivity index (χ0) is 15.5. The van der Waals surface area contributed by atoms with Gasteiger partial charge in [0.1, 0.15) is 0 Å². The fourth-order valence-corrected chi connectivity index (χ4v) is 4.27. The minimum atomic E-state index is -3.72. The van der Waals surface area contributed by atoms with Crippen LogP contribution in [0.15, 0.2) is 0 Å². The SMILES string of the molecule is CC(C(=O)O)S(=O)(=O)N1CCC(CN2CCOCC2)CC1. The van der Waals surface area contributed by atoms with Crippen LogP contribution < -0.4 is 0 Å². The lowest BCUT2D eigenvalue weighted by Crippen LogP contribution is -2.47. The van der Waals surface area contributed by atoms with Gasteiger partial charge in [0, 0.05) is 32.7 Å². The van der Waals surface area contributed by atoms with E-state index in [4.69, 9.17) is 9.84 Å². The summed E-state index contributed by atoms with van der Waals surface area (Å²) in [6.45, 7) is 6.48. The Hall–Kier alpha value is -0.700. The number of sulfonamides is 1. The Morgan fingerprint density at radius 1 is 1.24 bits per heavy atom. The topological polar surface area (TPSA) is 87.1 Å². The largest absolute Gasteiger partial charge is 0.480 e. The van der Waals surface area contributed by atoms with E-state index in [9.17, 15) is 13.2 Å². The molecule has 21 heavy (non-hydrogen) atoms. The number of hydrogen-bond acceptors (Lipinski definition) is 5. The molecule has 8 heteroatoms. The molecular formula is C13H24N2O5S. The Balaban J connectivity index is 1.83. The lowest BCUT2D eigenvalue weighted by molar-refractivity contribution is -0.136. The first kappa shape index (κ1) is 16.7. The minimum Gasteiger partial charge on any atom is -0.480 e. The van der Waals surface area contributed by atoms with Crippen LogP contribution in [0.2, 0.25) is 0 Å². The van der Waals surface area contributed by atoms with Crippen molar-refractivity contribution in [3.05, 3.63) is 0 Å². The van der Waals surface area contributed by atoms with Gasteiger partial charge in [0.15, 0.2) is 5.25 Å². The fourth-order valence-electron chi connectivity index (χ4n) is 2.85. The second-order valence-corrected chi connectivity index (χ2v) is 8.03. The average molecular weight is 320 g/mol. The van der Waals surface area contributed by atoms with E-state index in [1.807, 2.05) is 0 Å². The molecule has 2 heterocycles. The minimum absolute atomic E-state index is 0.426. The van der Waals surface area contributed by atoms with Crippen molar-refractivity contribution in [2.45, 2.75) is 25.0 Å². The molecule has 1 N–H and O–H groups in total. The van der Waals surface area contributed by atoms with Gasteiger partial charge in [0.25, 0.3) is 0 Å². The predicted octanol–water partition coefficient (Wildman–Crippen LogP) is -0.166. The highest BCUT2D eigenvalue weighted by molar-refractivity contribution is 7.90. The van der Waals surface area contributed by atoms with Crippen LogP contribution in [0.5, 0.6) is 0 Å². The maximum Gasteiger partial charge on any atom is 0.323 e. The van der Waals surface area contributed by atoms with Gasteiger partial charge < -0.3 is 9.84 Å². The van der Waals surface area contributed by atoms with Crippen LogP contribution in [0.25, 0.3) is 0 Å². The van der Waals surface area contributed by atoms with E-state index < -0.39 is 21.2 Å². The average Bonchev–Trinajstić information content (AvgIpc) is 2.48. The van der Waals surface area contributed by atoms with Crippen molar-refractivity contribution in [3.8, 4) is 0 Å². The summed E-state index contributed by atoms with van der Waals surface area (Å²) in [6.07, 6.45) is 1.59. The van der Waals surface area contributed by atoms with Crippen molar-refractivity contribution in [3.63, 3.8) is 0 Å². The highest BCUT2D eigenvalue weighted by Crippen LogP contribution is 2.22. The van der Waals surface area contributed by atoms with E-state index in [-0.39, 0.29) is 0 Å². The van der Waals surface area contributed by atoms with E-state index in [0.717, 1.165) is 45.7 Å². The number of carboxylic acid groups (broad SMARTS) is 1. The van der Waals surface area contributed by atoms with Gasteiger partial charge in [0.05, 0.1) is 13.2 Å². The molecule has 0 radical (unpaired) electrons. The van der Waals surface area contributed by atoms with Crippen LogP contribution >= 0.6 is 0 Å². The van der Waals surface area contributed by atoms with E-state index in [1.165, 1.54) is 11.2 Å². The molecular weight excluding hydrogens is 296 g/mol. The molecule has 1 unspecified atom stereocenters. The molecule has 7 nitrogen and oxygen atoms in total. The first-order valence-corrected chi connectivity index (χ1v) is 8.93. The second kappa shape index (κ2) is 7.04. The molecule has 0 spiro atoms. The maximum atomic E-state index is 12.1. The number of morpholine rings is 1. The lowest BCUT2D eigenvalue weighted by atomic mass is 9.97. The summed E-state index contributed by atoms with van der Waals surface area (Å²) >= 11 is 0. The Morgan fingerprint density at radius 2 is 1.81 bits per heavy atom. The zero-order valence-electron chi connectivity index (χ0n) is 12.4. The molecule has 2 saturated heterocycles. The highest BCUT2D eigenvalue weighted by Gasteiger charge is 2.36. The Morgan fingerprint density at radius 3 is 2.33 bits per heavy atom. The van der Waals surface area contributed by atoms with Crippen molar-refractivity contribution >= 4 is 16.0 Å². The molecule has 2 aliphatic heterocycles. The van der Waals surface area contributed by atoms with Crippen molar-refractivity contribution in [2.24, 2.45) is 5.92 Å². The quantitative estimate of drug-likeness (QED) is 0.757. The van der Waals surface area contributed by atoms with Gasteiger partial charge in [-0.05, 0) is 25.7 Å². The molecule has 0 saturated carbocycles. The van der Waals surface area contributed by atoms with Crippen molar-refractivity contribution in [1.29, 1.82) is 0 Å². The number of nitrogens with zero attached hydrogens (tertiary/aromatic N) is 2. The van der Waals surface area contributed by atoms with Crippen molar-refractivity contribution in [2.75, 3.05) is 45.9 Å². The number of piperidine rings is 1. The Kier molecular flexibility index (Phi) is 5.59. The third kappa shape index (κ3) is 4.15. The first-order valence-electron chi connectivity index (χ1n) is 7.43. The van der Waals surface area contributed by atoms with Gasteiger partial charge in [-0.2, -0.15) is 0 Å². The van der Waals surface area contributed by atoms with Crippen LogP contribution in [-0.4, -0.2) is 79.9 Å². The standard InChI is InChI=1S/C13H24N2O5S/c1-11(13(16)17)21(18,19)15-4-2-12(3-5-15)10-14-6-8-20-9-7-14/h11-12H,2-10H2,1H3,(H,16,17). The van der Waals surface area contributed by atoms with E-state index >= 15 is 0 Å². The second-order valence-electron chi connectivity index (χ2n) is 5.78. The summed E-state index contributed by atoms with van der Waals surface area (Å²) in [6, 6.07) is 0. The Bertz CT molecular complexity index is 453. The van der Waals surface area contributed by atoms with Crippen LogP contribution in [0.1, 0.15) is 19.8 Å². The van der Waals surface area contributed by atoms with Gasteiger partial charge in [-0.25, -0.2) is 12.7 Å². The molecule has 0 amide bonds. The first-order chi connectivity index (χ1) is 9.91. The van der Waals surface area contributed by atoms with Gasteiger partial charge >= 0.3 is 5.97 Å². The van der Waals surface area contributed by atoms with Crippen LogP contribution in [0.3, 0.4) is 0 Å². The number of carbonyl (C=O) groups is 1. The smallest absolute Gasteiger partial charge is 0.323 e. The normalized spacial score (nSPS) is 24.8. The summed E-state index contributed by atoms with van der Waals surface area (Å²) < 4.78 is 30.9. The summed E-state index contributed by atoms with van der Waals surface area (Å²) in [5.41, 5.74) is 0. The maximum absolute atomic E-state index is 12.1. The lowest BCUT2D eigenvalue weighted by Gasteiger charge is -2.36. The van der Waals surface area contributed by atoms with Crippen molar-refractivity contribution < 1.29 is 23.1 Å². The number of ether oxygens (including phenoxy) is 1. The molecule has 122 valence electrons. The molecule has 2 rings (SSSR count). The molecule has 0 aliphatic carbocycles. The number of hydrogen-bond donors (Lipinski definition) is 1. The van der Waals surface area contributed by atoms with E-state index in [1.54, 1.807) is 0 Å². The van der Waals surface area contributed by atoms with Crippen molar-refractivity contribution in [1.82, 2.24) is 9.21 Å². The summed E-state index contributed by atoms with van der Waals surface area (Å²) in [7, 11) is -3.72. The fraction of sp³-hybridized carbons (Fsp3) is 0.923. The Labute approximate surface area is 125 Å². The number of rotatable bonds is 5. The molecule has 2 aliphatic rings. The summed E-state index contributed by atoms with van der Waals surface area (Å²) in [4.78, 5) is 13.3. The third-order valence-electron chi connectivity index (χ3n) is 4.35. The molecule has 0 bridgehead atoms. The van der Waals surface area contributed by atoms with Gasteiger partial charge in [-0.15, -0.1) is 0 Å². The zero-order valence-corrected chi connectivity index (χ0v) is 13.2. The predicted molar refractivity (Wildman–Crippen MR) is 77.6 cm³/mol. The monoisotopic (exact) mass is 320 g/mol. The molecule has 1 atom stereocenters. The van der Waals surface area contributed by atoms with Crippen LogP contribution in [0, 0.1) is 5.92 Å². The van der Waals surface area contributed by atoms with Crippen LogP contribution in [0.4, 0.5) is 0 Å². The molecule has 0 aromatic carbocycles. The van der Waals surface area contributed by atoms with Crippen LogP contribution in [-0.2, 0) is 19.6 Å². The van der Waals surface area contributed by atoms with Gasteiger partial charge in [0.2, 0.25) is 10.0 Å². The molecule has 2 fully saturated rings. The molecule has 0 aromatic rings. The summed E-state index contributed by atoms with van der Waals surface area (Å²) in [5.74, 6) is -0.805. The highest BCUT2D eigenvalue weighted by atomic mass is 32.2. The third-order valence-corrected chi connectivity index (χ3v) is 6.53. The van der Waals surface area contributed by atoms with Gasteiger partial charge in [-0.3, -0.25) is 9.69 Å². The number of aliphatic carboxylic acids is 1.